The zero-order chi connectivity index (χ0) is 29.4. The van der Waals surface area contributed by atoms with Crippen molar-refractivity contribution in [2.45, 2.75) is 161 Å². The van der Waals surface area contributed by atoms with Gasteiger partial charge in [0.25, 0.3) is 0 Å². The van der Waals surface area contributed by atoms with E-state index in [1.54, 1.807) is 0 Å². The van der Waals surface area contributed by atoms with Crippen LogP contribution < -0.4 is 27.0 Å². The van der Waals surface area contributed by atoms with Gasteiger partial charge < -0.3 is 27.0 Å². The largest absolute Gasteiger partial charge is 0.356 e. The molecule has 2 amide bonds. The van der Waals surface area contributed by atoms with Crippen molar-refractivity contribution in [2.24, 2.45) is 5.73 Å². The molecular weight excluding hydrogens is 498 g/mol. The Morgan fingerprint density at radius 3 is 1.52 bits per heavy atom. The van der Waals surface area contributed by atoms with Crippen molar-refractivity contribution in [3.05, 3.63) is 0 Å². The lowest BCUT2D eigenvalue weighted by Crippen LogP contribution is -2.41. The molecule has 0 rings (SSSR count). The van der Waals surface area contributed by atoms with E-state index in [1.807, 2.05) is 0 Å². The second-order valence-electron chi connectivity index (χ2n) is 11.7. The second kappa shape index (κ2) is 32.3. The number of unbranched alkanes of at least 4 members (excludes halogenated alkanes) is 15. The van der Waals surface area contributed by atoms with Gasteiger partial charge in [0.1, 0.15) is 0 Å². The smallest absolute Gasteiger partial charge is 0.236 e. The molecule has 7 nitrogen and oxygen atoms in total. The number of carbonyl (C=O) groups is 2. The Balaban J connectivity index is 3.38. The van der Waals surface area contributed by atoms with Crippen LogP contribution in [0.1, 0.15) is 155 Å². The lowest BCUT2D eigenvalue weighted by atomic mass is 10.0. The van der Waals surface area contributed by atoms with Gasteiger partial charge in [-0.25, -0.2) is 0 Å². The number of nitrogens with two attached hydrogens (primary N) is 1. The molecule has 0 bridgehead atoms. The topological polar surface area (TPSA) is 108 Å². The van der Waals surface area contributed by atoms with Crippen molar-refractivity contribution in [3.8, 4) is 0 Å². The number of hydrogen-bond acceptors (Lipinski definition) is 5. The molecule has 7 heteroatoms. The van der Waals surface area contributed by atoms with E-state index in [9.17, 15) is 9.59 Å². The molecule has 0 aliphatic heterocycles. The van der Waals surface area contributed by atoms with Crippen LogP contribution >= 0.6 is 0 Å². The Bertz CT molecular complexity index is 547. The Morgan fingerprint density at radius 1 is 0.500 bits per heavy atom. The normalized spacial score (nSPS) is 12.0. The van der Waals surface area contributed by atoms with E-state index in [0.717, 1.165) is 58.3 Å². The fourth-order valence-electron chi connectivity index (χ4n) is 4.85. The van der Waals surface area contributed by atoms with Crippen LogP contribution in [0.15, 0.2) is 0 Å². The number of rotatable bonds is 32. The molecule has 238 valence electrons. The van der Waals surface area contributed by atoms with Crippen LogP contribution in [0.5, 0.6) is 0 Å². The van der Waals surface area contributed by atoms with Gasteiger partial charge in [0.15, 0.2) is 0 Å². The van der Waals surface area contributed by atoms with Gasteiger partial charge in [-0.2, -0.15) is 0 Å². The van der Waals surface area contributed by atoms with Crippen molar-refractivity contribution >= 4 is 11.8 Å². The molecule has 0 aromatic heterocycles. The van der Waals surface area contributed by atoms with E-state index < -0.39 is 6.04 Å². The maximum absolute atomic E-state index is 12.2. The molecule has 0 unspecified atom stereocenters. The molecule has 1 atom stereocenters. The molecule has 0 fully saturated rings. The summed E-state index contributed by atoms with van der Waals surface area (Å²) in [7, 11) is 0. The number of hydrogen-bond donors (Lipinski definition) is 5. The maximum atomic E-state index is 12.2. The molecule has 0 aliphatic carbocycles. The Morgan fingerprint density at radius 2 is 0.950 bits per heavy atom. The summed E-state index contributed by atoms with van der Waals surface area (Å²) in [5.41, 5.74) is 6.04. The summed E-state index contributed by atoms with van der Waals surface area (Å²) in [6, 6.07) is -0.463. The van der Waals surface area contributed by atoms with Crippen LogP contribution in [0.3, 0.4) is 0 Å². The Labute approximate surface area is 248 Å². The van der Waals surface area contributed by atoms with Crippen LogP contribution in [-0.2, 0) is 9.59 Å². The molecule has 0 radical (unpaired) electrons. The third-order valence-corrected chi connectivity index (χ3v) is 7.60. The predicted octanol–water partition coefficient (Wildman–Crippen LogP) is 6.35. The summed E-state index contributed by atoms with van der Waals surface area (Å²) in [5, 5.41) is 12.9. The number of amides is 2. The molecule has 6 N–H and O–H groups in total. The fraction of sp³-hybridized carbons (Fsp3) is 0.939. The van der Waals surface area contributed by atoms with Crippen LogP contribution in [0.25, 0.3) is 0 Å². The fourth-order valence-corrected chi connectivity index (χ4v) is 4.85. The second-order valence-corrected chi connectivity index (χ2v) is 11.7. The molecule has 0 saturated carbocycles. The average Bonchev–Trinajstić information content (AvgIpc) is 2.95. The van der Waals surface area contributed by atoms with E-state index in [4.69, 9.17) is 5.73 Å². The van der Waals surface area contributed by atoms with Gasteiger partial charge in [-0.3, -0.25) is 9.59 Å². The maximum Gasteiger partial charge on any atom is 0.236 e. The first-order valence-corrected chi connectivity index (χ1v) is 17.3. The summed E-state index contributed by atoms with van der Waals surface area (Å²) >= 11 is 0. The minimum absolute atomic E-state index is 0.0652. The van der Waals surface area contributed by atoms with Crippen LogP contribution in [0, 0.1) is 0 Å². The van der Waals surface area contributed by atoms with Crippen LogP contribution in [-0.4, -0.2) is 57.1 Å². The first kappa shape index (κ1) is 38.8. The highest BCUT2D eigenvalue weighted by molar-refractivity contribution is 5.81. The number of carbonyl (C=O) groups excluding carboxylic acids is 2. The van der Waals surface area contributed by atoms with Gasteiger partial charge in [-0.15, -0.1) is 0 Å². The highest BCUT2D eigenvalue weighted by Gasteiger charge is 2.12. The van der Waals surface area contributed by atoms with E-state index in [2.05, 4.69) is 35.1 Å². The van der Waals surface area contributed by atoms with Crippen molar-refractivity contribution < 1.29 is 9.59 Å². The minimum Gasteiger partial charge on any atom is -0.356 e. The van der Waals surface area contributed by atoms with Crippen molar-refractivity contribution in [1.29, 1.82) is 0 Å². The zero-order valence-electron chi connectivity index (χ0n) is 26.8. The van der Waals surface area contributed by atoms with Gasteiger partial charge in [-0.1, -0.05) is 97.3 Å². The Hall–Kier alpha value is -1.18. The van der Waals surface area contributed by atoms with E-state index in [1.165, 1.54) is 96.3 Å². The summed E-state index contributed by atoms with van der Waals surface area (Å²) < 4.78 is 0. The first-order chi connectivity index (χ1) is 19.6. The van der Waals surface area contributed by atoms with Gasteiger partial charge in [0.2, 0.25) is 11.8 Å². The quantitative estimate of drug-likeness (QED) is 0.0609. The average molecular weight is 568 g/mol. The highest BCUT2D eigenvalue weighted by Crippen LogP contribution is 2.13. The van der Waals surface area contributed by atoms with Crippen molar-refractivity contribution in [3.63, 3.8) is 0 Å². The monoisotopic (exact) mass is 568 g/mol. The molecule has 0 spiro atoms. The molecule has 0 aromatic rings. The summed E-state index contributed by atoms with van der Waals surface area (Å²) in [6.07, 6.45) is 25.9. The molecule has 0 saturated heterocycles. The third-order valence-electron chi connectivity index (χ3n) is 7.60. The lowest BCUT2D eigenvalue weighted by Gasteiger charge is -2.12. The lowest BCUT2D eigenvalue weighted by molar-refractivity contribution is -0.123. The summed E-state index contributed by atoms with van der Waals surface area (Å²) in [5.74, 6) is 0.0898. The van der Waals surface area contributed by atoms with Crippen molar-refractivity contribution in [2.75, 3.05) is 39.3 Å². The van der Waals surface area contributed by atoms with Gasteiger partial charge >= 0.3 is 0 Å². The van der Waals surface area contributed by atoms with Gasteiger partial charge in [-0.05, 0) is 77.5 Å². The Kier molecular flexibility index (Phi) is 31.4. The molecular formula is C33H69N5O2. The predicted molar refractivity (Wildman–Crippen MR) is 173 cm³/mol. The van der Waals surface area contributed by atoms with Gasteiger partial charge in [0.05, 0.1) is 6.04 Å². The van der Waals surface area contributed by atoms with Gasteiger partial charge in [0, 0.05) is 19.5 Å². The third kappa shape index (κ3) is 29.8. The number of nitrogens with one attached hydrogen (secondary N) is 4. The first-order valence-electron chi connectivity index (χ1n) is 17.3. The minimum atomic E-state index is -0.463. The highest BCUT2D eigenvalue weighted by atomic mass is 16.2. The molecule has 40 heavy (non-hydrogen) atoms. The van der Waals surface area contributed by atoms with E-state index >= 15 is 0 Å². The van der Waals surface area contributed by atoms with Crippen LogP contribution in [0.4, 0.5) is 0 Å². The molecule has 0 aliphatic rings. The zero-order valence-corrected chi connectivity index (χ0v) is 26.8. The molecule has 0 heterocycles. The van der Waals surface area contributed by atoms with Crippen molar-refractivity contribution in [1.82, 2.24) is 21.3 Å². The standard InChI is InChI=1S/C33H69N5O2/c1-3-5-7-8-9-10-11-12-13-14-15-16-17-24-32(39)37-29-19-18-23-31(34)33(40)38-30-22-28-36-27-21-20-26-35-25-6-4-2/h31,35-36H,3-30,34H2,1-2H3,(H,37,39)(H,38,40)/t31-/m1/s1. The van der Waals surface area contributed by atoms with E-state index in [-0.39, 0.29) is 11.8 Å². The van der Waals surface area contributed by atoms with E-state index in [0.29, 0.717) is 25.9 Å². The summed E-state index contributed by atoms with van der Waals surface area (Å²) in [4.78, 5) is 24.2. The van der Waals surface area contributed by atoms with Crippen LogP contribution in [0.2, 0.25) is 0 Å². The summed E-state index contributed by atoms with van der Waals surface area (Å²) in [6.45, 7) is 9.99. The SMILES string of the molecule is CCCCCCCCCCCCCCCC(=O)NCCCC[C@@H](N)C(=O)NCCCNCCCCNCCCC. The molecule has 0 aromatic carbocycles.